The van der Waals surface area contributed by atoms with E-state index in [1.165, 1.54) is 24.0 Å². The lowest BCUT2D eigenvalue weighted by molar-refractivity contribution is -0.144. The summed E-state index contributed by atoms with van der Waals surface area (Å²) < 4.78 is 69.8. The summed E-state index contributed by atoms with van der Waals surface area (Å²) in [4.78, 5) is 15.2. The van der Waals surface area contributed by atoms with Crippen LogP contribution in [0.2, 0.25) is 5.02 Å². The Morgan fingerprint density at radius 2 is 1.85 bits per heavy atom. The van der Waals surface area contributed by atoms with Crippen molar-refractivity contribution in [2.45, 2.75) is 25.6 Å². The molecule has 0 saturated carbocycles. The maximum atomic E-state index is 15.2. The number of hydrogen-bond donors (Lipinski definition) is 2. The van der Waals surface area contributed by atoms with E-state index in [2.05, 4.69) is 19.9 Å². The normalized spacial score (nSPS) is 16.2. The number of aryl methyl sites for hydroxylation is 1. The topological polar surface area (TPSA) is 83.7 Å². The van der Waals surface area contributed by atoms with Crippen LogP contribution in [0.4, 0.5) is 33.8 Å². The third kappa shape index (κ3) is 3.60. The Morgan fingerprint density at radius 3 is 2.59 bits per heavy atom. The number of hydrogen-bond acceptors (Lipinski definition) is 5. The Morgan fingerprint density at radius 1 is 1.09 bits per heavy atom. The Balaban J connectivity index is 1.76. The number of benzene rings is 2. The molecule has 176 valence electrons. The highest BCUT2D eigenvalue weighted by atomic mass is 35.5. The number of nitrogens with two attached hydrogens (primary N) is 1. The molecule has 0 fully saturated rings. The maximum absolute atomic E-state index is 15.2. The molecule has 0 bridgehead atoms. The van der Waals surface area contributed by atoms with Crippen LogP contribution in [0, 0.1) is 18.6 Å². The highest BCUT2D eigenvalue weighted by molar-refractivity contribution is 6.31. The van der Waals surface area contributed by atoms with Crippen molar-refractivity contribution in [1.82, 2.24) is 19.9 Å². The number of aromatic amines is 1. The molecule has 0 amide bonds. The van der Waals surface area contributed by atoms with Gasteiger partial charge in [0.05, 0.1) is 0 Å². The molecular weight excluding hydrogens is 479 g/mol. The van der Waals surface area contributed by atoms with Crippen molar-refractivity contribution in [3.8, 4) is 0 Å². The van der Waals surface area contributed by atoms with Crippen molar-refractivity contribution in [3.05, 3.63) is 75.2 Å². The lowest BCUT2D eigenvalue weighted by Crippen LogP contribution is -2.38. The first kappa shape index (κ1) is 22.3. The number of nitrogen functional groups attached to an aromatic ring is 1. The van der Waals surface area contributed by atoms with Crippen molar-refractivity contribution < 1.29 is 22.0 Å². The first-order valence-corrected chi connectivity index (χ1v) is 10.5. The molecule has 0 aliphatic carbocycles. The summed E-state index contributed by atoms with van der Waals surface area (Å²) in [6, 6.07) is 6.90. The van der Waals surface area contributed by atoms with Gasteiger partial charge < -0.3 is 15.6 Å². The fourth-order valence-corrected chi connectivity index (χ4v) is 4.48. The van der Waals surface area contributed by atoms with Crippen molar-refractivity contribution in [2.24, 2.45) is 0 Å². The fourth-order valence-electron chi connectivity index (χ4n) is 4.31. The minimum Gasteiger partial charge on any atom is -0.368 e. The predicted octanol–water partition coefficient (Wildman–Crippen LogP) is 5.35. The standard InChI is InChI=1S/C22H16ClF5N6/c1-9-2-4-12(16(25)15(9)24)18-17-11(13-8-10(23)3-5-14(13)30-17)6-7-34(18)21-32-19(22(26,27)28)31-20(29)33-21/h2-5,8,18,30H,6-7H2,1H3,(H2,29,31,32,33)/t18-/m0/s1. The molecule has 1 aliphatic rings. The molecule has 2 aromatic carbocycles. The highest BCUT2D eigenvalue weighted by Gasteiger charge is 2.39. The number of anilines is 2. The second-order valence-electron chi connectivity index (χ2n) is 7.97. The van der Waals surface area contributed by atoms with Gasteiger partial charge >= 0.3 is 6.18 Å². The summed E-state index contributed by atoms with van der Waals surface area (Å²) >= 11 is 6.16. The number of rotatable bonds is 2. The molecule has 0 saturated heterocycles. The zero-order chi connectivity index (χ0) is 24.4. The number of H-pyrrole nitrogens is 1. The van der Waals surface area contributed by atoms with Crippen LogP contribution in [0.15, 0.2) is 30.3 Å². The van der Waals surface area contributed by atoms with Gasteiger partial charge in [-0.1, -0.05) is 23.7 Å². The minimum absolute atomic E-state index is 0.0887. The molecule has 4 aromatic rings. The Labute approximate surface area is 194 Å². The summed E-state index contributed by atoms with van der Waals surface area (Å²) in [6.07, 6.45) is -4.52. The van der Waals surface area contributed by atoms with Gasteiger partial charge in [-0.05, 0) is 42.7 Å². The van der Waals surface area contributed by atoms with Gasteiger partial charge in [0.1, 0.15) is 6.04 Å². The molecule has 3 N–H and O–H groups in total. The van der Waals surface area contributed by atoms with E-state index in [1.807, 2.05) is 0 Å². The smallest absolute Gasteiger partial charge is 0.368 e. The maximum Gasteiger partial charge on any atom is 0.451 e. The van der Waals surface area contributed by atoms with Gasteiger partial charge in [0.2, 0.25) is 17.7 Å². The second-order valence-corrected chi connectivity index (χ2v) is 8.40. The molecule has 6 nitrogen and oxygen atoms in total. The number of nitrogens with zero attached hydrogens (tertiary/aromatic N) is 4. The first-order chi connectivity index (χ1) is 16.0. The Hall–Kier alpha value is -3.47. The van der Waals surface area contributed by atoms with Crippen LogP contribution in [-0.2, 0) is 12.6 Å². The monoisotopic (exact) mass is 494 g/mol. The molecule has 12 heteroatoms. The predicted molar refractivity (Wildman–Crippen MR) is 117 cm³/mol. The lowest BCUT2D eigenvalue weighted by Gasteiger charge is -2.36. The van der Waals surface area contributed by atoms with E-state index in [0.717, 1.165) is 10.9 Å². The van der Waals surface area contributed by atoms with E-state index < -0.39 is 41.6 Å². The zero-order valence-electron chi connectivity index (χ0n) is 17.5. The molecule has 0 radical (unpaired) electrons. The Kier molecular flexibility index (Phi) is 5.12. The average Bonchev–Trinajstić information content (AvgIpc) is 3.14. The molecular formula is C22H16ClF5N6. The van der Waals surface area contributed by atoms with E-state index in [-0.39, 0.29) is 17.7 Å². The second kappa shape index (κ2) is 7.79. The van der Waals surface area contributed by atoms with Crippen molar-refractivity contribution in [1.29, 1.82) is 0 Å². The Bertz CT molecular complexity index is 1430. The van der Waals surface area contributed by atoms with E-state index in [9.17, 15) is 17.6 Å². The third-order valence-electron chi connectivity index (χ3n) is 5.84. The molecule has 2 aromatic heterocycles. The van der Waals surface area contributed by atoms with Gasteiger partial charge in [-0.3, -0.25) is 0 Å². The van der Waals surface area contributed by atoms with E-state index in [4.69, 9.17) is 17.3 Å². The zero-order valence-corrected chi connectivity index (χ0v) is 18.3. The molecule has 1 aliphatic heterocycles. The highest BCUT2D eigenvalue weighted by Crippen LogP contribution is 2.42. The summed E-state index contributed by atoms with van der Waals surface area (Å²) in [5.41, 5.74) is 7.51. The summed E-state index contributed by atoms with van der Waals surface area (Å²) in [5, 5.41) is 1.27. The van der Waals surface area contributed by atoms with Crippen LogP contribution in [0.3, 0.4) is 0 Å². The van der Waals surface area contributed by atoms with Crippen LogP contribution in [0.1, 0.15) is 34.3 Å². The van der Waals surface area contributed by atoms with Crippen molar-refractivity contribution in [3.63, 3.8) is 0 Å². The van der Waals surface area contributed by atoms with Crippen LogP contribution >= 0.6 is 11.6 Å². The van der Waals surface area contributed by atoms with Gasteiger partial charge in [0.15, 0.2) is 11.6 Å². The van der Waals surface area contributed by atoms with E-state index >= 15 is 4.39 Å². The quantitative estimate of drug-likeness (QED) is 0.367. The molecule has 1 atom stereocenters. The van der Waals surface area contributed by atoms with Gasteiger partial charge in [-0.2, -0.15) is 28.1 Å². The number of halogens is 6. The number of fused-ring (bicyclic) bond motifs is 3. The van der Waals surface area contributed by atoms with Crippen LogP contribution in [-0.4, -0.2) is 26.5 Å². The molecule has 3 heterocycles. The molecule has 0 spiro atoms. The molecule has 34 heavy (non-hydrogen) atoms. The lowest BCUT2D eigenvalue weighted by atomic mass is 9.91. The first-order valence-electron chi connectivity index (χ1n) is 10.1. The fraction of sp³-hybridized carbons (Fsp3) is 0.227. The number of nitrogens with one attached hydrogen (secondary N) is 1. The summed E-state index contributed by atoms with van der Waals surface area (Å²) in [6.45, 7) is 1.52. The number of alkyl halides is 3. The average molecular weight is 495 g/mol. The summed E-state index contributed by atoms with van der Waals surface area (Å²) in [5.74, 6) is -4.67. The van der Waals surface area contributed by atoms with Crippen molar-refractivity contribution in [2.75, 3.05) is 17.2 Å². The third-order valence-corrected chi connectivity index (χ3v) is 6.08. The van der Waals surface area contributed by atoms with Crippen molar-refractivity contribution >= 4 is 34.4 Å². The van der Waals surface area contributed by atoms with Gasteiger partial charge in [0, 0.05) is 33.7 Å². The van der Waals surface area contributed by atoms with Crippen LogP contribution in [0.5, 0.6) is 0 Å². The molecule has 0 unspecified atom stereocenters. The number of aromatic nitrogens is 4. The van der Waals surface area contributed by atoms with Crippen LogP contribution in [0.25, 0.3) is 10.9 Å². The van der Waals surface area contributed by atoms with Gasteiger partial charge in [-0.15, -0.1) is 0 Å². The minimum atomic E-state index is -4.87. The largest absolute Gasteiger partial charge is 0.451 e. The van der Waals surface area contributed by atoms with E-state index in [0.29, 0.717) is 22.7 Å². The van der Waals surface area contributed by atoms with Crippen LogP contribution < -0.4 is 10.6 Å². The summed E-state index contributed by atoms with van der Waals surface area (Å²) in [7, 11) is 0. The van der Waals surface area contributed by atoms with Gasteiger partial charge in [0.25, 0.3) is 0 Å². The van der Waals surface area contributed by atoms with E-state index in [1.54, 1.807) is 18.2 Å². The SMILES string of the molecule is Cc1ccc([C@H]2c3[nH]c4ccc(Cl)cc4c3CCN2c2nc(N)nc(C(F)(F)F)n2)c(F)c1F. The van der Waals surface area contributed by atoms with Gasteiger partial charge in [-0.25, -0.2) is 8.78 Å². The molecule has 5 rings (SSSR count).